The zero-order chi connectivity index (χ0) is 14.3. The third-order valence-corrected chi connectivity index (χ3v) is 4.68. The predicted molar refractivity (Wildman–Crippen MR) is 82.3 cm³/mol. The lowest BCUT2D eigenvalue weighted by atomic mass is 10.1. The van der Waals surface area contributed by atoms with Crippen LogP contribution in [0.4, 0.5) is 0 Å². The summed E-state index contributed by atoms with van der Waals surface area (Å²) in [5.41, 5.74) is 1.30. The summed E-state index contributed by atoms with van der Waals surface area (Å²) in [6.45, 7) is 5.13. The van der Waals surface area contributed by atoms with Gasteiger partial charge in [-0.1, -0.05) is 19.1 Å². The van der Waals surface area contributed by atoms with Crippen LogP contribution >= 0.6 is 0 Å². The van der Waals surface area contributed by atoms with E-state index in [9.17, 15) is 4.21 Å². The Hall–Kier alpha value is -0.870. The van der Waals surface area contributed by atoms with Crippen molar-refractivity contribution >= 4 is 10.8 Å². The molecule has 1 aromatic carbocycles. The maximum Gasteiger partial charge on any atom is 0.118 e. The summed E-state index contributed by atoms with van der Waals surface area (Å²) >= 11 is 0. The third-order valence-electron chi connectivity index (χ3n) is 3.31. The Morgan fingerprint density at radius 1 is 1.26 bits per heavy atom. The summed E-state index contributed by atoms with van der Waals surface area (Å²) in [5, 5.41) is 3.74. The molecule has 0 radical (unpaired) electrons. The van der Waals surface area contributed by atoms with E-state index < -0.39 is 10.8 Å². The Labute approximate surface area is 119 Å². The zero-order valence-electron chi connectivity index (χ0n) is 12.3. The van der Waals surface area contributed by atoms with E-state index in [2.05, 4.69) is 24.4 Å². The molecule has 108 valence electrons. The fourth-order valence-corrected chi connectivity index (χ4v) is 2.34. The fourth-order valence-electron chi connectivity index (χ4n) is 1.89. The lowest BCUT2D eigenvalue weighted by Gasteiger charge is -2.15. The molecule has 0 aliphatic rings. The molecule has 3 nitrogen and oxygen atoms in total. The van der Waals surface area contributed by atoms with Gasteiger partial charge in [-0.25, -0.2) is 0 Å². The van der Waals surface area contributed by atoms with E-state index >= 15 is 0 Å². The van der Waals surface area contributed by atoms with Crippen molar-refractivity contribution in [3.05, 3.63) is 29.8 Å². The van der Waals surface area contributed by atoms with Gasteiger partial charge in [-0.2, -0.15) is 0 Å². The monoisotopic (exact) mass is 283 g/mol. The highest BCUT2D eigenvalue weighted by atomic mass is 32.2. The molecule has 0 aliphatic heterocycles. The van der Waals surface area contributed by atoms with Crippen molar-refractivity contribution in [2.75, 3.05) is 19.9 Å². The highest BCUT2D eigenvalue weighted by molar-refractivity contribution is 7.84. The highest BCUT2D eigenvalue weighted by Gasteiger charge is 2.07. The second kappa shape index (κ2) is 8.33. The third kappa shape index (κ3) is 6.21. The number of benzene rings is 1. The first-order valence-electron chi connectivity index (χ1n) is 6.71. The van der Waals surface area contributed by atoms with Crippen molar-refractivity contribution in [3.8, 4) is 5.75 Å². The number of rotatable bonds is 8. The second-order valence-corrected chi connectivity index (χ2v) is 6.81. The Morgan fingerprint density at radius 2 is 1.89 bits per heavy atom. The van der Waals surface area contributed by atoms with Gasteiger partial charge in [0.05, 0.1) is 7.11 Å². The Morgan fingerprint density at radius 3 is 2.42 bits per heavy atom. The lowest BCUT2D eigenvalue weighted by Crippen LogP contribution is -2.31. The first-order chi connectivity index (χ1) is 9.02. The first kappa shape index (κ1) is 16.2. The SMILES string of the molecule is COc1ccc(CC(C)NCCC(C)S(C)=O)cc1. The van der Waals surface area contributed by atoms with E-state index in [4.69, 9.17) is 4.74 Å². The minimum Gasteiger partial charge on any atom is -0.497 e. The molecule has 0 aromatic heterocycles. The molecule has 0 amide bonds. The van der Waals surface area contributed by atoms with Gasteiger partial charge in [-0.05, 0) is 44.0 Å². The Kier molecular flexibility index (Phi) is 7.10. The van der Waals surface area contributed by atoms with Crippen LogP contribution in [0, 0.1) is 0 Å². The molecule has 0 fully saturated rings. The van der Waals surface area contributed by atoms with Crippen molar-refractivity contribution in [2.45, 2.75) is 38.0 Å². The van der Waals surface area contributed by atoms with Gasteiger partial charge in [0.25, 0.3) is 0 Å². The summed E-state index contributed by atoms with van der Waals surface area (Å²) < 4.78 is 16.4. The molecular formula is C15H25NO2S. The van der Waals surface area contributed by atoms with Crippen molar-refractivity contribution in [1.82, 2.24) is 5.32 Å². The molecular weight excluding hydrogens is 258 g/mol. The van der Waals surface area contributed by atoms with Crippen LogP contribution in [0.15, 0.2) is 24.3 Å². The summed E-state index contributed by atoms with van der Waals surface area (Å²) in [4.78, 5) is 0. The normalized spacial score (nSPS) is 15.8. The van der Waals surface area contributed by atoms with Crippen molar-refractivity contribution in [1.29, 1.82) is 0 Å². The van der Waals surface area contributed by atoms with E-state index in [1.165, 1.54) is 5.56 Å². The van der Waals surface area contributed by atoms with Gasteiger partial charge in [0.2, 0.25) is 0 Å². The maximum absolute atomic E-state index is 11.2. The van der Waals surface area contributed by atoms with Crippen molar-refractivity contribution < 1.29 is 8.95 Å². The van der Waals surface area contributed by atoms with Gasteiger partial charge in [0.1, 0.15) is 5.75 Å². The van der Waals surface area contributed by atoms with E-state index in [1.807, 2.05) is 19.1 Å². The zero-order valence-corrected chi connectivity index (χ0v) is 13.1. The smallest absolute Gasteiger partial charge is 0.118 e. The number of hydrogen-bond donors (Lipinski definition) is 1. The molecule has 0 bridgehead atoms. The number of methoxy groups -OCH3 is 1. The van der Waals surface area contributed by atoms with Gasteiger partial charge >= 0.3 is 0 Å². The summed E-state index contributed by atoms with van der Waals surface area (Å²) in [6, 6.07) is 8.60. The predicted octanol–water partition coefficient (Wildman–Crippen LogP) is 2.37. The number of hydrogen-bond acceptors (Lipinski definition) is 3. The molecule has 0 spiro atoms. The van der Waals surface area contributed by atoms with E-state index in [0.29, 0.717) is 6.04 Å². The van der Waals surface area contributed by atoms with E-state index in [0.717, 1.165) is 25.1 Å². The van der Waals surface area contributed by atoms with Crippen LogP contribution in [0.1, 0.15) is 25.8 Å². The van der Waals surface area contributed by atoms with Crippen LogP contribution in [-0.2, 0) is 17.2 Å². The van der Waals surface area contributed by atoms with Crippen molar-refractivity contribution in [3.63, 3.8) is 0 Å². The van der Waals surface area contributed by atoms with Crippen LogP contribution in [0.2, 0.25) is 0 Å². The minimum atomic E-state index is -0.721. The van der Waals surface area contributed by atoms with Crippen LogP contribution in [0.25, 0.3) is 0 Å². The second-order valence-electron chi connectivity index (χ2n) is 5.01. The molecule has 0 heterocycles. The first-order valence-corrected chi connectivity index (χ1v) is 8.33. The standard InChI is InChI=1S/C15H25NO2S/c1-12(16-10-9-13(2)19(4)17)11-14-5-7-15(18-3)8-6-14/h5-8,12-13,16H,9-11H2,1-4H3. The minimum absolute atomic E-state index is 0.265. The Balaban J connectivity index is 2.30. The van der Waals surface area contributed by atoms with Gasteiger partial charge in [0, 0.05) is 28.3 Å². The molecule has 19 heavy (non-hydrogen) atoms. The molecule has 3 unspecified atom stereocenters. The summed E-state index contributed by atoms with van der Waals surface area (Å²) in [7, 11) is 0.958. The van der Waals surface area contributed by atoms with Gasteiger partial charge < -0.3 is 10.1 Å². The van der Waals surface area contributed by atoms with Crippen LogP contribution in [0.5, 0.6) is 5.75 Å². The number of nitrogens with one attached hydrogen (secondary N) is 1. The van der Waals surface area contributed by atoms with Crippen LogP contribution < -0.4 is 10.1 Å². The largest absolute Gasteiger partial charge is 0.497 e. The molecule has 1 rings (SSSR count). The van der Waals surface area contributed by atoms with Crippen LogP contribution in [0.3, 0.4) is 0 Å². The van der Waals surface area contributed by atoms with Gasteiger partial charge in [-0.15, -0.1) is 0 Å². The topological polar surface area (TPSA) is 38.3 Å². The molecule has 3 atom stereocenters. The van der Waals surface area contributed by atoms with Gasteiger partial charge in [-0.3, -0.25) is 4.21 Å². The molecule has 0 saturated carbocycles. The molecule has 0 saturated heterocycles. The lowest BCUT2D eigenvalue weighted by molar-refractivity contribution is 0.414. The summed E-state index contributed by atoms with van der Waals surface area (Å²) in [6.07, 6.45) is 3.72. The maximum atomic E-state index is 11.2. The fraction of sp³-hybridized carbons (Fsp3) is 0.600. The quantitative estimate of drug-likeness (QED) is 0.796. The molecule has 1 N–H and O–H groups in total. The van der Waals surface area contributed by atoms with Crippen molar-refractivity contribution in [2.24, 2.45) is 0 Å². The molecule has 4 heteroatoms. The van der Waals surface area contributed by atoms with E-state index in [1.54, 1.807) is 13.4 Å². The summed E-state index contributed by atoms with van der Waals surface area (Å²) in [5.74, 6) is 0.892. The van der Waals surface area contributed by atoms with Gasteiger partial charge in [0.15, 0.2) is 0 Å². The number of ether oxygens (including phenoxy) is 1. The van der Waals surface area contributed by atoms with Crippen LogP contribution in [-0.4, -0.2) is 35.4 Å². The average molecular weight is 283 g/mol. The Bertz CT molecular complexity index is 392. The van der Waals surface area contributed by atoms with E-state index in [-0.39, 0.29) is 5.25 Å². The average Bonchev–Trinajstić information content (AvgIpc) is 2.39. The molecule has 0 aliphatic carbocycles. The highest BCUT2D eigenvalue weighted by Crippen LogP contribution is 2.12. The molecule has 1 aromatic rings.